The molecular weight excluding hydrogens is 459 g/mol. The molecule has 0 amide bonds. The van der Waals surface area contributed by atoms with Gasteiger partial charge in [-0.15, -0.1) is 0 Å². The summed E-state index contributed by atoms with van der Waals surface area (Å²) in [6.07, 6.45) is 2.06. The molecule has 0 aliphatic heterocycles. The Bertz CT molecular complexity index is 1000. The Morgan fingerprint density at radius 1 is 0.548 bits per heavy atom. The van der Waals surface area contributed by atoms with Crippen molar-refractivity contribution in [1.82, 2.24) is 0 Å². The second kappa shape index (κ2) is 9.11. The van der Waals surface area contributed by atoms with Gasteiger partial charge in [0, 0.05) is 0 Å². The van der Waals surface area contributed by atoms with Crippen molar-refractivity contribution in [3.05, 3.63) is 126 Å². The van der Waals surface area contributed by atoms with Crippen LogP contribution in [0.25, 0.3) is 0 Å². The normalized spacial score (nSPS) is 13.0. The molecule has 0 aliphatic carbocycles. The first-order valence-electron chi connectivity index (χ1n) is 11.0. The van der Waals surface area contributed by atoms with Crippen LogP contribution in [0.15, 0.2) is 115 Å². The molecule has 0 aromatic heterocycles. The van der Waals surface area contributed by atoms with Gasteiger partial charge in [0.1, 0.15) is 0 Å². The van der Waals surface area contributed by atoms with E-state index >= 15 is 0 Å². The maximum absolute atomic E-state index is 4.54. The predicted molar refractivity (Wildman–Crippen MR) is 143 cm³/mol. The molecular formula is C29H30BrP. The van der Waals surface area contributed by atoms with E-state index in [9.17, 15) is 0 Å². The molecule has 0 nitrogen and oxygen atoms in total. The number of benzene rings is 4. The van der Waals surface area contributed by atoms with Crippen LogP contribution in [0.4, 0.5) is 0 Å². The van der Waals surface area contributed by atoms with Gasteiger partial charge in [0.15, 0.2) is 0 Å². The van der Waals surface area contributed by atoms with Crippen LogP contribution in [-0.4, -0.2) is 0 Å². The van der Waals surface area contributed by atoms with Crippen LogP contribution in [0.5, 0.6) is 0 Å². The van der Waals surface area contributed by atoms with Crippen molar-refractivity contribution < 1.29 is 0 Å². The molecule has 0 fully saturated rings. The van der Waals surface area contributed by atoms with Gasteiger partial charge >= 0.3 is 195 Å². The van der Waals surface area contributed by atoms with Crippen molar-refractivity contribution in [1.29, 1.82) is 0 Å². The first-order chi connectivity index (χ1) is 15.0. The van der Waals surface area contributed by atoms with E-state index in [1.807, 2.05) is 0 Å². The summed E-state index contributed by atoms with van der Waals surface area (Å²) < 4.78 is 0. The van der Waals surface area contributed by atoms with Crippen molar-refractivity contribution in [3.8, 4) is 0 Å². The fraction of sp³-hybridized carbons (Fsp3) is 0.172. The van der Waals surface area contributed by atoms with Crippen LogP contribution in [0.3, 0.4) is 0 Å². The van der Waals surface area contributed by atoms with E-state index in [1.165, 1.54) is 27.0 Å². The van der Waals surface area contributed by atoms with E-state index in [-0.39, 0.29) is 0 Å². The standard InChI is InChI=1S/C29H30BrP/c1-24(2)22-25-18-20-26(21-19-25)23-31(30,27-12-6-3-7-13-27,28-14-8-4-9-15-28)29-16-10-5-11-17-29/h3-21,24H,22-23H2,1-2H3. The SMILES string of the molecule is CC(C)Cc1ccc(CP(Br)(c2ccccc2)(c2ccccc2)c2ccccc2)cc1. The van der Waals surface area contributed by atoms with Crippen LogP contribution in [0.2, 0.25) is 0 Å². The Morgan fingerprint density at radius 2 is 0.903 bits per heavy atom. The van der Waals surface area contributed by atoms with Crippen molar-refractivity contribution in [3.63, 3.8) is 0 Å². The topological polar surface area (TPSA) is 0 Å². The second-order valence-electron chi connectivity index (χ2n) is 8.76. The number of hydrogen-bond acceptors (Lipinski definition) is 0. The number of halogens is 1. The van der Waals surface area contributed by atoms with Crippen molar-refractivity contribution >= 4 is 36.7 Å². The summed E-state index contributed by atoms with van der Waals surface area (Å²) in [5.74, 6) is 0.666. The van der Waals surface area contributed by atoms with Gasteiger partial charge < -0.3 is 0 Å². The van der Waals surface area contributed by atoms with Gasteiger partial charge in [-0.1, -0.05) is 0 Å². The van der Waals surface area contributed by atoms with Gasteiger partial charge in [0.25, 0.3) is 0 Å². The summed E-state index contributed by atoms with van der Waals surface area (Å²) in [5, 5.41) is 1.16. The molecule has 31 heavy (non-hydrogen) atoms. The van der Waals surface area contributed by atoms with E-state index in [2.05, 4.69) is 145 Å². The third-order valence-electron chi connectivity index (χ3n) is 6.03. The van der Waals surface area contributed by atoms with Crippen LogP contribution in [0, 0.1) is 5.92 Å². The summed E-state index contributed by atoms with van der Waals surface area (Å²) in [6, 6.07) is 42.3. The Hall–Kier alpha value is -2.21. The Balaban J connectivity index is 1.95. The fourth-order valence-electron chi connectivity index (χ4n) is 4.53. The summed E-state index contributed by atoms with van der Waals surface area (Å²) in [4.78, 5) is 0. The first kappa shape index (κ1) is 22.0. The van der Waals surface area contributed by atoms with Gasteiger partial charge in [-0.2, -0.15) is 0 Å². The Morgan fingerprint density at radius 3 is 1.26 bits per heavy atom. The monoisotopic (exact) mass is 488 g/mol. The zero-order chi connectivity index (χ0) is 21.8. The van der Waals surface area contributed by atoms with E-state index in [1.54, 1.807) is 0 Å². The first-order valence-corrected chi connectivity index (χ1v) is 15.4. The molecule has 2 heteroatoms. The summed E-state index contributed by atoms with van der Waals surface area (Å²) in [6.45, 7) is 4.55. The van der Waals surface area contributed by atoms with Crippen LogP contribution >= 0.6 is 20.8 Å². The average Bonchev–Trinajstić information content (AvgIpc) is 2.82. The third kappa shape index (κ3) is 4.27. The Kier molecular flexibility index (Phi) is 6.47. The van der Waals surface area contributed by atoms with E-state index < -0.39 is 5.31 Å². The minimum atomic E-state index is -2.92. The average molecular weight is 489 g/mol. The summed E-state index contributed by atoms with van der Waals surface area (Å²) in [7, 11) is 0. The quantitative estimate of drug-likeness (QED) is 0.241. The van der Waals surface area contributed by atoms with Gasteiger partial charge in [0.2, 0.25) is 0 Å². The molecule has 0 atom stereocenters. The molecule has 0 spiro atoms. The van der Waals surface area contributed by atoms with Crippen molar-refractivity contribution in [2.24, 2.45) is 5.92 Å². The van der Waals surface area contributed by atoms with Gasteiger partial charge in [-0.3, -0.25) is 0 Å². The molecule has 0 aliphatic rings. The zero-order valence-corrected chi connectivity index (χ0v) is 20.8. The van der Waals surface area contributed by atoms with Crippen LogP contribution in [0.1, 0.15) is 25.0 Å². The fourth-order valence-corrected chi connectivity index (χ4v) is 12.2. The molecule has 0 saturated carbocycles. The summed E-state index contributed by atoms with van der Waals surface area (Å²) in [5.41, 5.74) is 2.77. The maximum atomic E-state index is 4.54. The van der Waals surface area contributed by atoms with E-state index in [0.29, 0.717) is 5.92 Å². The molecule has 0 radical (unpaired) electrons. The molecule has 4 aromatic rings. The molecule has 0 heterocycles. The van der Waals surface area contributed by atoms with Crippen molar-refractivity contribution in [2.75, 3.05) is 0 Å². The molecule has 0 bridgehead atoms. The molecule has 0 unspecified atom stereocenters. The van der Waals surface area contributed by atoms with E-state index in [4.69, 9.17) is 0 Å². The molecule has 4 rings (SSSR count). The summed E-state index contributed by atoms with van der Waals surface area (Å²) >= 11 is 4.54. The molecule has 0 N–H and O–H groups in total. The molecule has 0 saturated heterocycles. The van der Waals surface area contributed by atoms with Gasteiger partial charge in [-0.05, 0) is 0 Å². The molecule has 4 aromatic carbocycles. The zero-order valence-electron chi connectivity index (χ0n) is 18.3. The van der Waals surface area contributed by atoms with E-state index in [0.717, 1.165) is 12.6 Å². The predicted octanol–water partition coefficient (Wildman–Crippen LogP) is 7.22. The van der Waals surface area contributed by atoms with Crippen molar-refractivity contribution in [2.45, 2.75) is 26.4 Å². The van der Waals surface area contributed by atoms with Crippen LogP contribution in [-0.2, 0) is 12.6 Å². The molecule has 158 valence electrons. The number of rotatable bonds is 7. The minimum absolute atomic E-state index is 0.666. The van der Waals surface area contributed by atoms with Gasteiger partial charge in [-0.25, -0.2) is 0 Å². The Labute approximate surface area is 195 Å². The third-order valence-corrected chi connectivity index (χ3v) is 15.6. The van der Waals surface area contributed by atoms with Crippen LogP contribution < -0.4 is 15.9 Å². The second-order valence-corrected chi connectivity index (χ2v) is 17.7. The number of hydrogen-bond donors (Lipinski definition) is 0. The van der Waals surface area contributed by atoms with Gasteiger partial charge in [0.05, 0.1) is 0 Å².